The number of aliphatic hydroxyl groups is 2. The third kappa shape index (κ3) is 3.82. The molecule has 0 spiro atoms. The number of hydrogen-bond donors (Lipinski definition) is 4. The van der Waals surface area contributed by atoms with Crippen LogP contribution in [0.25, 0.3) is 0 Å². The molecule has 0 aliphatic rings. The minimum Gasteiger partial charge on any atom is -0.391 e. The predicted octanol–water partition coefficient (Wildman–Crippen LogP) is -2.24. The van der Waals surface area contributed by atoms with Gasteiger partial charge < -0.3 is 26.1 Å². The molecule has 0 heterocycles. The molecule has 0 rings (SSSR count). The largest absolute Gasteiger partial charge is 0.391 e. The maximum Gasteiger partial charge on any atom is 0.217 e. The number of aliphatic hydroxyl groups excluding tert-OH is 2. The van der Waals surface area contributed by atoms with E-state index in [0.717, 1.165) is 0 Å². The maximum absolute atomic E-state index is 10.7. The van der Waals surface area contributed by atoms with Crippen LogP contribution in [-0.4, -0.2) is 46.7 Å². The summed E-state index contributed by atoms with van der Waals surface area (Å²) in [5, 5.41) is 21.0. The Balaban J connectivity index is 4.47. The van der Waals surface area contributed by atoms with E-state index in [4.69, 9.17) is 5.73 Å². The SMILES string of the molecule is CC(=O)N[C@H]([C@H](O)[C@H](N)C=O)[C@@H](C)O. The van der Waals surface area contributed by atoms with Crippen LogP contribution in [0.5, 0.6) is 0 Å². The second-order valence-electron chi connectivity index (χ2n) is 3.17. The first-order chi connectivity index (χ1) is 6.40. The van der Waals surface area contributed by atoms with Crippen molar-refractivity contribution in [3.63, 3.8) is 0 Å². The van der Waals surface area contributed by atoms with Crippen LogP contribution in [0.15, 0.2) is 0 Å². The number of nitrogens with two attached hydrogens (primary N) is 1. The van der Waals surface area contributed by atoms with E-state index in [2.05, 4.69) is 5.32 Å². The summed E-state index contributed by atoms with van der Waals surface area (Å²) >= 11 is 0. The lowest BCUT2D eigenvalue weighted by atomic mass is 10.0. The van der Waals surface area contributed by atoms with Gasteiger partial charge in [0.05, 0.1) is 24.3 Å². The van der Waals surface area contributed by atoms with Crippen molar-refractivity contribution in [2.24, 2.45) is 5.73 Å². The van der Waals surface area contributed by atoms with Crippen molar-refractivity contribution in [2.45, 2.75) is 38.1 Å². The molecule has 0 saturated heterocycles. The van der Waals surface area contributed by atoms with E-state index in [0.29, 0.717) is 6.29 Å². The van der Waals surface area contributed by atoms with Crippen molar-refractivity contribution in [3.8, 4) is 0 Å². The van der Waals surface area contributed by atoms with E-state index in [1.165, 1.54) is 13.8 Å². The number of nitrogens with one attached hydrogen (secondary N) is 1. The minimum absolute atomic E-state index is 0.363. The molecule has 0 aromatic heterocycles. The lowest BCUT2D eigenvalue weighted by Crippen LogP contribution is -2.56. The molecule has 0 aromatic carbocycles. The van der Waals surface area contributed by atoms with Gasteiger partial charge in [-0.2, -0.15) is 0 Å². The minimum atomic E-state index is -1.30. The molecular formula is C8H16N2O4. The monoisotopic (exact) mass is 204 g/mol. The Kier molecular flexibility index (Phi) is 5.29. The van der Waals surface area contributed by atoms with E-state index in [1.54, 1.807) is 0 Å². The summed E-state index contributed by atoms with van der Waals surface area (Å²) in [6.45, 7) is 2.63. The van der Waals surface area contributed by atoms with Gasteiger partial charge in [0.2, 0.25) is 5.91 Å². The third-order valence-electron chi connectivity index (χ3n) is 1.81. The molecule has 82 valence electrons. The quantitative estimate of drug-likeness (QED) is 0.378. The van der Waals surface area contributed by atoms with Crippen LogP contribution in [0.1, 0.15) is 13.8 Å². The first-order valence-electron chi connectivity index (χ1n) is 4.24. The average molecular weight is 204 g/mol. The fraction of sp³-hybridized carbons (Fsp3) is 0.750. The molecule has 0 saturated carbocycles. The summed E-state index contributed by atoms with van der Waals surface area (Å²) < 4.78 is 0. The average Bonchev–Trinajstić information content (AvgIpc) is 2.11. The Hall–Kier alpha value is -0.980. The summed E-state index contributed by atoms with van der Waals surface area (Å²) in [4.78, 5) is 21.0. The van der Waals surface area contributed by atoms with Crippen molar-refractivity contribution >= 4 is 12.2 Å². The van der Waals surface area contributed by atoms with E-state index in [1.807, 2.05) is 0 Å². The molecular weight excluding hydrogens is 188 g/mol. The zero-order valence-electron chi connectivity index (χ0n) is 8.18. The fourth-order valence-electron chi connectivity index (χ4n) is 1.05. The summed E-state index contributed by atoms with van der Waals surface area (Å²) in [5.74, 6) is -0.409. The summed E-state index contributed by atoms with van der Waals surface area (Å²) in [5.41, 5.74) is 5.25. The highest BCUT2D eigenvalue weighted by atomic mass is 16.3. The van der Waals surface area contributed by atoms with Gasteiger partial charge in [-0.3, -0.25) is 4.79 Å². The molecule has 0 aliphatic heterocycles. The topological polar surface area (TPSA) is 113 Å². The number of rotatable bonds is 5. The summed E-state index contributed by atoms with van der Waals surface area (Å²) in [7, 11) is 0. The molecule has 14 heavy (non-hydrogen) atoms. The van der Waals surface area contributed by atoms with Crippen LogP contribution in [0, 0.1) is 0 Å². The van der Waals surface area contributed by atoms with Crippen LogP contribution in [-0.2, 0) is 9.59 Å². The molecule has 0 fully saturated rings. The number of aldehydes is 1. The molecule has 1 amide bonds. The summed E-state index contributed by atoms with van der Waals surface area (Å²) in [6.07, 6.45) is -1.92. The van der Waals surface area contributed by atoms with Gasteiger partial charge in [-0.1, -0.05) is 0 Å². The van der Waals surface area contributed by atoms with Crippen molar-refractivity contribution in [2.75, 3.05) is 0 Å². The Morgan fingerprint density at radius 3 is 2.29 bits per heavy atom. The zero-order chi connectivity index (χ0) is 11.3. The maximum atomic E-state index is 10.7. The van der Waals surface area contributed by atoms with Crippen molar-refractivity contribution in [1.82, 2.24) is 5.32 Å². The van der Waals surface area contributed by atoms with Crippen LogP contribution in [0.4, 0.5) is 0 Å². The highest BCUT2D eigenvalue weighted by molar-refractivity contribution is 5.73. The normalized spacial score (nSPS) is 19.2. The van der Waals surface area contributed by atoms with Crippen molar-refractivity contribution < 1.29 is 19.8 Å². The lowest BCUT2D eigenvalue weighted by molar-refractivity contribution is -0.123. The van der Waals surface area contributed by atoms with E-state index in [-0.39, 0.29) is 0 Å². The Bertz CT molecular complexity index is 208. The van der Waals surface area contributed by atoms with E-state index >= 15 is 0 Å². The molecule has 6 heteroatoms. The standard InChI is InChI=1S/C8H16N2O4/c1-4(12)7(10-5(2)13)8(14)6(9)3-11/h3-4,6-8,12,14H,9H2,1-2H3,(H,10,13)/t4-,6-,7+,8-/m1/s1. The van der Waals surface area contributed by atoms with Crippen molar-refractivity contribution in [1.29, 1.82) is 0 Å². The highest BCUT2D eigenvalue weighted by Gasteiger charge is 2.29. The van der Waals surface area contributed by atoms with Gasteiger partial charge in [0.15, 0.2) is 0 Å². The highest BCUT2D eigenvalue weighted by Crippen LogP contribution is 2.02. The van der Waals surface area contributed by atoms with Gasteiger partial charge in [-0.25, -0.2) is 0 Å². The van der Waals surface area contributed by atoms with Gasteiger partial charge in [0.1, 0.15) is 6.29 Å². The van der Waals surface area contributed by atoms with Gasteiger partial charge in [0.25, 0.3) is 0 Å². The molecule has 0 bridgehead atoms. The van der Waals surface area contributed by atoms with E-state index < -0.39 is 30.2 Å². The number of carbonyl (C=O) groups excluding carboxylic acids is 2. The molecule has 0 unspecified atom stereocenters. The van der Waals surface area contributed by atoms with Gasteiger partial charge in [-0.05, 0) is 6.92 Å². The third-order valence-corrected chi connectivity index (χ3v) is 1.81. The first-order valence-corrected chi connectivity index (χ1v) is 4.24. The van der Waals surface area contributed by atoms with Crippen LogP contribution in [0.3, 0.4) is 0 Å². The fourth-order valence-corrected chi connectivity index (χ4v) is 1.05. The molecule has 6 nitrogen and oxygen atoms in total. The zero-order valence-corrected chi connectivity index (χ0v) is 8.18. The number of hydrogen-bond acceptors (Lipinski definition) is 5. The van der Waals surface area contributed by atoms with Crippen LogP contribution < -0.4 is 11.1 Å². The van der Waals surface area contributed by atoms with Crippen molar-refractivity contribution in [3.05, 3.63) is 0 Å². The first kappa shape index (κ1) is 13.0. The molecule has 5 N–H and O–H groups in total. The Morgan fingerprint density at radius 1 is 1.50 bits per heavy atom. The van der Waals surface area contributed by atoms with E-state index in [9.17, 15) is 19.8 Å². The van der Waals surface area contributed by atoms with Gasteiger partial charge in [0, 0.05) is 6.92 Å². The van der Waals surface area contributed by atoms with Crippen LogP contribution >= 0.6 is 0 Å². The lowest BCUT2D eigenvalue weighted by Gasteiger charge is -2.27. The molecule has 4 atom stereocenters. The van der Waals surface area contributed by atoms with Crippen LogP contribution in [0.2, 0.25) is 0 Å². The number of carbonyl (C=O) groups is 2. The molecule has 0 aliphatic carbocycles. The molecule has 0 radical (unpaired) electrons. The summed E-state index contributed by atoms with van der Waals surface area (Å²) in [6, 6.07) is -2.06. The second-order valence-corrected chi connectivity index (χ2v) is 3.17. The predicted molar refractivity (Wildman–Crippen MR) is 49.3 cm³/mol. The Labute approximate surface area is 82.1 Å². The number of amides is 1. The molecule has 0 aromatic rings. The van der Waals surface area contributed by atoms with Gasteiger partial charge >= 0.3 is 0 Å². The second kappa shape index (κ2) is 5.69. The van der Waals surface area contributed by atoms with Gasteiger partial charge in [-0.15, -0.1) is 0 Å². The smallest absolute Gasteiger partial charge is 0.217 e. The Morgan fingerprint density at radius 2 is 2.00 bits per heavy atom.